The number of hydrogen-bond donors (Lipinski definition) is 1. The van der Waals surface area contributed by atoms with Gasteiger partial charge in [0.25, 0.3) is 0 Å². The second kappa shape index (κ2) is 11.1. The summed E-state index contributed by atoms with van der Waals surface area (Å²) < 4.78 is 5.43. The third-order valence-electron chi connectivity index (χ3n) is 6.43. The molecule has 8 nitrogen and oxygen atoms in total. The molecule has 3 aliphatic rings. The molecule has 3 saturated heterocycles. The van der Waals surface area contributed by atoms with Crippen LogP contribution in [0, 0.1) is 5.92 Å². The molecule has 3 fully saturated rings. The number of hydrogen-bond acceptors (Lipinski definition) is 5. The van der Waals surface area contributed by atoms with Crippen LogP contribution in [0.25, 0.3) is 0 Å². The first kappa shape index (κ1) is 22.3. The third-order valence-corrected chi connectivity index (χ3v) is 6.43. The molecule has 8 heteroatoms. The topological polar surface area (TPSA) is 63.7 Å². The second-order valence-corrected chi connectivity index (χ2v) is 8.68. The van der Waals surface area contributed by atoms with Crippen LogP contribution in [0.3, 0.4) is 0 Å². The minimum Gasteiger partial charge on any atom is -0.379 e. The Morgan fingerprint density at radius 3 is 2.24 bits per heavy atom. The first-order valence-corrected chi connectivity index (χ1v) is 11.4. The highest BCUT2D eigenvalue weighted by Gasteiger charge is 2.30. The number of carbonyl (C=O) groups excluding carboxylic acids is 1. The van der Waals surface area contributed by atoms with Crippen molar-refractivity contribution in [3.05, 3.63) is 0 Å². The number of nitrogens with one attached hydrogen (secondary N) is 1. The van der Waals surface area contributed by atoms with E-state index in [0.29, 0.717) is 11.8 Å². The quantitative estimate of drug-likeness (QED) is 0.499. The van der Waals surface area contributed by atoms with Crippen molar-refractivity contribution in [3.63, 3.8) is 0 Å². The monoisotopic (exact) mass is 408 g/mol. The SMILES string of the molecule is CN=C(NCC(C)CN1CCOCC1)N1CCN(C(C)C(=O)N2CCCC2)CC1. The first-order chi connectivity index (χ1) is 14.1. The molecule has 29 heavy (non-hydrogen) atoms. The van der Waals surface area contributed by atoms with Crippen molar-refractivity contribution in [2.45, 2.75) is 32.7 Å². The van der Waals surface area contributed by atoms with Crippen LogP contribution in [0.1, 0.15) is 26.7 Å². The van der Waals surface area contributed by atoms with Crippen molar-refractivity contribution >= 4 is 11.9 Å². The van der Waals surface area contributed by atoms with Crippen LogP contribution in [-0.2, 0) is 9.53 Å². The van der Waals surface area contributed by atoms with Crippen LogP contribution in [0.2, 0.25) is 0 Å². The van der Waals surface area contributed by atoms with Crippen LogP contribution in [0.4, 0.5) is 0 Å². The average Bonchev–Trinajstić information content (AvgIpc) is 3.29. The summed E-state index contributed by atoms with van der Waals surface area (Å²) in [6.07, 6.45) is 2.30. The highest BCUT2D eigenvalue weighted by Crippen LogP contribution is 2.14. The summed E-state index contributed by atoms with van der Waals surface area (Å²) in [5.74, 6) is 1.84. The fourth-order valence-electron chi connectivity index (χ4n) is 4.57. The normalized spacial score (nSPS) is 24.6. The minimum atomic E-state index is -0.0150. The first-order valence-electron chi connectivity index (χ1n) is 11.4. The van der Waals surface area contributed by atoms with E-state index in [2.05, 4.69) is 38.9 Å². The van der Waals surface area contributed by atoms with Gasteiger partial charge in [-0.05, 0) is 25.7 Å². The van der Waals surface area contributed by atoms with E-state index in [-0.39, 0.29) is 6.04 Å². The van der Waals surface area contributed by atoms with Gasteiger partial charge in [0.05, 0.1) is 19.3 Å². The predicted molar refractivity (Wildman–Crippen MR) is 116 cm³/mol. The fraction of sp³-hybridized carbons (Fsp3) is 0.905. The summed E-state index contributed by atoms with van der Waals surface area (Å²) in [5.41, 5.74) is 0. The maximum atomic E-state index is 12.7. The van der Waals surface area contributed by atoms with Gasteiger partial charge in [-0.25, -0.2) is 0 Å². The molecule has 1 amide bonds. The molecule has 0 saturated carbocycles. The smallest absolute Gasteiger partial charge is 0.239 e. The number of aliphatic imine (C=N–C) groups is 1. The molecule has 0 spiro atoms. The minimum absolute atomic E-state index is 0.0150. The van der Waals surface area contributed by atoms with E-state index < -0.39 is 0 Å². The Morgan fingerprint density at radius 2 is 1.62 bits per heavy atom. The number of morpholine rings is 1. The maximum Gasteiger partial charge on any atom is 0.239 e. The van der Waals surface area contributed by atoms with Gasteiger partial charge in [0.1, 0.15) is 0 Å². The molecule has 1 N–H and O–H groups in total. The van der Waals surface area contributed by atoms with Gasteiger partial charge in [0.15, 0.2) is 5.96 Å². The summed E-state index contributed by atoms with van der Waals surface area (Å²) in [6, 6.07) is -0.0150. The fourth-order valence-corrected chi connectivity index (χ4v) is 4.57. The van der Waals surface area contributed by atoms with Gasteiger partial charge in [-0.2, -0.15) is 0 Å². The number of carbonyl (C=O) groups is 1. The van der Waals surface area contributed by atoms with Crippen LogP contribution >= 0.6 is 0 Å². The Kier molecular flexibility index (Phi) is 8.56. The van der Waals surface area contributed by atoms with E-state index in [9.17, 15) is 4.79 Å². The summed E-state index contributed by atoms with van der Waals surface area (Å²) in [6.45, 7) is 15.7. The van der Waals surface area contributed by atoms with Gasteiger partial charge in [-0.15, -0.1) is 0 Å². The molecule has 3 rings (SSSR count). The molecule has 2 atom stereocenters. The Balaban J connectivity index is 1.39. The van der Waals surface area contributed by atoms with Crippen LogP contribution in [0.15, 0.2) is 4.99 Å². The van der Waals surface area contributed by atoms with Crippen molar-refractivity contribution in [1.29, 1.82) is 0 Å². The summed E-state index contributed by atoms with van der Waals surface area (Å²) in [7, 11) is 1.86. The molecule has 0 aliphatic carbocycles. The van der Waals surface area contributed by atoms with E-state index in [1.807, 2.05) is 11.9 Å². The van der Waals surface area contributed by atoms with E-state index in [1.165, 1.54) is 0 Å². The largest absolute Gasteiger partial charge is 0.379 e. The lowest BCUT2D eigenvalue weighted by atomic mass is 10.1. The zero-order valence-corrected chi connectivity index (χ0v) is 18.6. The molecule has 0 aromatic heterocycles. The number of likely N-dealkylation sites (tertiary alicyclic amines) is 1. The molecule has 3 heterocycles. The molecule has 0 aromatic carbocycles. The molecule has 166 valence electrons. The number of guanidine groups is 1. The zero-order chi connectivity index (χ0) is 20.6. The molecule has 0 radical (unpaired) electrons. The second-order valence-electron chi connectivity index (χ2n) is 8.68. The number of nitrogens with zero attached hydrogens (tertiary/aromatic N) is 5. The molecular weight excluding hydrogens is 368 g/mol. The average molecular weight is 409 g/mol. The third kappa shape index (κ3) is 6.30. The van der Waals surface area contributed by atoms with Crippen molar-refractivity contribution in [1.82, 2.24) is 24.9 Å². The van der Waals surface area contributed by atoms with E-state index >= 15 is 0 Å². The molecule has 0 bridgehead atoms. The Morgan fingerprint density at radius 1 is 0.966 bits per heavy atom. The maximum absolute atomic E-state index is 12.7. The number of ether oxygens (including phenoxy) is 1. The van der Waals surface area contributed by atoms with Gasteiger partial charge in [-0.3, -0.25) is 19.6 Å². The van der Waals surface area contributed by atoms with E-state index in [0.717, 1.165) is 97.5 Å². The van der Waals surface area contributed by atoms with Crippen LogP contribution in [-0.4, -0.2) is 123 Å². The number of piperazine rings is 1. The van der Waals surface area contributed by atoms with Crippen LogP contribution in [0.5, 0.6) is 0 Å². The number of amides is 1. The summed E-state index contributed by atoms with van der Waals surface area (Å²) in [5, 5.41) is 3.56. The Bertz CT molecular complexity index is 537. The van der Waals surface area contributed by atoms with Crippen molar-refractivity contribution in [2.75, 3.05) is 85.7 Å². The lowest BCUT2D eigenvalue weighted by molar-refractivity contribution is -0.135. The Labute approximate surface area is 176 Å². The van der Waals surface area contributed by atoms with Crippen molar-refractivity contribution in [3.8, 4) is 0 Å². The standard InChI is InChI=1S/C21H40N6O2/c1-18(17-24-12-14-29-15-13-24)16-23-21(22-3)27-10-8-25(9-11-27)19(2)20(28)26-6-4-5-7-26/h18-19H,4-17H2,1-3H3,(H,22,23). The van der Waals surface area contributed by atoms with Gasteiger partial charge in [0.2, 0.25) is 5.91 Å². The zero-order valence-electron chi connectivity index (χ0n) is 18.6. The van der Waals surface area contributed by atoms with Crippen molar-refractivity contribution in [2.24, 2.45) is 10.9 Å². The van der Waals surface area contributed by atoms with Gasteiger partial charge < -0.3 is 19.9 Å². The Hall–Kier alpha value is -1.38. The molecule has 2 unspecified atom stereocenters. The van der Waals surface area contributed by atoms with Gasteiger partial charge in [0, 0.05) is 72.5 Å². The summed E-state index contributed by atoms with van der Waals surface area (Å²) in [4.78, 5) is 26.3. The lowest BCUT2D eigenvalue weighted by Gasteiger charge is -2.39. The van der Waals surface area contributed by atoms with Crippen LogP contribution < -0.4 is 5.32 Å². The van der Waals surface area contributed by atoms with Crippen molar-refractivity contribution < 1.29 is 9.53 Å². The van der Waals surface area contributed by atoms with Gasteiger partial charge in [-0.1, -0.05) is 6.92 Å². The van der Waals surface area contributed by atoms with E-state index in [4.69, 9.17) is 4.74 Å². The van der Waals surface area contributed by atoms with E-state index in [1.54, 1.807) is 0 Å². The van der Waals surface area contributed by atoms with Gasteiger partial charge >= 0.3 is 0 Å². The summed E-state index contributed by atoms with van der Waals surface area (Å²) >= 11 is 0. The molecule has 0 aromatic rings. The lowest BCUT2D eigenvalue weighted by Crippen LogP contribution is -2.57. The predicted octanol–water partition coefficient (Wildman–Crippen LogP) is 0.159. The molecule has 3 aliphatic heterocycles. The highest BCUT2D eigenvalue weighted by molar-refractivity contribution is 5.82. The number of rotatable bonds is 6. The molecular formula is C21H40N6O2. The highest BCUT2D eigenvalue weighted by atomic mass is 16.5.